The van der Waals surface area contributed by atoms with E-state index >= 15 is 0 Å². The minimum atomic E-state index is 0.266. The van der Waals surface area contributed by atoms with Gasteiger partial charge in [-0.1, -0.05) is 60.9 Å². The first kappa shape index (κ1) is 20.8. The van der Waals surface area contributed by atoms with Crippen LogP contribution in [-0.4, -0.2) is 35.8 Å². The van der Waals surface area contributed by atoms with Crippen LogP contribution >= 0.6 is 11.3 Å². The normalized spacial score (nSPS) is 14.8. The van der Waals surface area contributed by atoms with Crippen LogP contribution in [0.5, 0.6) is 0 Å². The molecular formula is C23H28N8S. The highest BCUT2D eigenvalue weighted by atomic mass is 32.1. The minimum Gasteiger partial charge on any atom is -0.361 e. The molecule has 4 aromatic rings. The smallest absolute Gasteiger partial charge is 0.227 e. The average Bonchev–Trinajstić information content (AvgIpc) is 3.46. The Labute approximate surface area is 191 Å². The molecular weight excluding hydrogens is 420 g/mol. The number of anilines is 2. The van der Waals surface area contributed by atoms with Gasteiger partial charge >= 0.3 is 0 Å². The summed E-state index contributed by atoms with van der Waals surface area (Å²) in [5.74, 6) is 1.39. The Balaban J connectivity index is 1.40. The third-order valence-electron chi connectivity index (χ3n) is 5.81. The zero-order valence-electron chi connectivity index (χ0n) is 18.5. The number of aromatic nitrogens is 6. The highest BCUT2D eigenvalue weighted by Crippen LogP contribution is 2.27. The van der Waals surface area contributed by atoms with Gasteiger partial charge < -0.3 is 15.2 Å². The fourth-order valence-corrected chi connectivity index (χ4v) is 4.88. The molecule has 3 aromatic heterocycles. The van der Waals surface area contributed by atoms with Crippen LogP contribution in [0.2, 0.25) is 0 Å². The van der Waals surface area contributed by atoms with Gasteiger partial charge in [-0.25, -0.2) is 4.98 Å². The summed E-state index contributed by atoms with van der Waals surface area (Å²) in [5, 5.41) is 17.5. The van der Waals surface area contributed by atoms with Crippen molar-refractivity contribution < 1.29 is 0 Å². The van der Waals surface area contributed by atoms with Crippen molar-refractivity contribution in [3.8, 4) is 10.6 Å². The number of rotatable bonds is 7. The summed E-state index contributed by atoms with van der Waals surface area (Å²) in [5.41, 5.74) is 2.70. The third-order valence-corrected chi connectivity index (χ3v) is 6.78. The maximum Gasteiger partial charge on any atom is 0.227 e. The molecule has 0 spiro atoms. The molecule has 1 aliphatic carbocycles. The van der Waals surface area contributed by atoms with Crippen LogP contribution in [0, 0.1) is 0 Å². The van der Waals surface area contributed by atoms with Crippen molar-refractivity contribution in [2.75, 3.05) is 10.6 Å². The van der Waals surface area contributed by atoms with Crippen molar-refractivity contribution in [3.63, 3.8) is 0 Å². The lowest BCUT2D eigenvalue weighted by molar-refractivity contribution is 0.461. The number of nitrogens with zero attached hydrogens (tertiary/aromatic N) is 6. The molecule has 8 nitrogen and oxygen atoms in total. The largest absolute Gasteiger partial charge is 0.361 e. The van der Waals surface area contributed by atoms with Gasteiger partial charge in [-0.05, 0) is 26.7 Å². The number of hydrogen-bond acceptors (Lipinski definition) is 8. The van der Waals surface area contributed by atoms with Crippen molar-refractivity contribution in [1.29, 1.82) is 0 Å². The van der Waals surface area contributed by atoms with E-state index < -0.39 is 0 Å². The van der Waals surface area contributed by atoms with Crippen molar-refractivity contribution in [3.05, 3.63) is 41.7 Å². The molecule has 0 aliphatic heterocycles. The predicted octanol–water partition coefficient (Wildman–Crippen LogP) is 5.28. The standard InChI is InChI=1S/C23H28N8S/c1-15(2)31-14-25-19-20(27-23(28-21(19)31)26-17-11-7-4-8-12-17)24-13-18-29-30-22(32-18)16-9-5-3-6-10-16/h3,5-6,9-10,14-15,17H,4,7-8,11-13H2,1-2H3,(H2,24,26,27,28). The number of benzene rings is 1. The van der Waals surface area contributed by atoms with Gasteiger partial charge in [0.2, 0.25) is 5.95 Å². The van der Waals surface area contributed by atoms with E-state index in [0.29, 0.717) is 18.5 Å². The highest BCUT2D eigenvalue weighted by molar-refractivity contribution is 7.14. The van der Waals surface area contributed by atoms with Crippen LogP contribution in [0.25, 0.3) is 21.7 Å². The van der Waals surface area contributed by atoms with Crippen LogP contribution in [0.15, 0.2) is 36.7 Å². The van der Waals surface area contributed by atoms with Gasteiger partial charge in [0.1, 0.15) is 10.0 Å². The van der Waals surface area contributed by atoms with Gasteiger partial charge in [0.25, 0.3) is 0 Å². The Morgan fingerprint density at radius 1 is 1.06 bits per heavy atom. The number of hydrogen-bond donors (Lipinski definition) is 2. The van der Waals surface area contributed by atoms with E-state index in [2.05, 4.69) is 44.2 Å². The second-order valence-electron chi connectivity index (χ2n) is 8.51. The fourth-order valence-electron chi connectivity index (χ4n) is 4.09. The van der Waals surface area contributed by atoms with E-state index in [-0.39, 0.29) is 6.04 Å². The SMILES string of the molecule is CC(C)n1cnc2c(NCc3nnc(-c4ccccc4)s3)nc(NC3CCCCC3)nc21. The molecule has 2 N–H and O–H groups in total. The Kier molecular flexibility index (Phi) is 5.98. The predicted molar refractivity (Wildman–Crippen MR) is 129 cm³/mol. The zero-order chi connectivity index (χ0) is 21.9. The maximum atomic E-state index is 4.82. The molecule has 1 saturated carbocycles. The van der Waals surface area contributed by atoms with Gasteiger partial charge in [-0.2, -0.15) is 9.97 Å². The molecule has 5 rings (SSSR count). The van der Waals surface area contributed by atoms with E-state index in [0.717, 1.165) is 32.6 Å². The summed E-state index contributed by atoms with van der Waals surface area (Å²) < 4.78 is 2.09. The van der Waals surface area contributed by atoms with Gasteiger partial charge in [0.15, 0.2) is 17.0 Å². The summed E-state index contributed by atoms with van der Waals surface area (Å²) in [6.45, 7) is 4.81. The summed E-state index contributed by atoms with van der Waals surface area (Å²) >= 11 is 1.58. The topological polar surface area (TPSA) is 93.4 Å². The first-order valence-electron chi connectivity index (χ1n) is 11.3. The van der Waals surface area contributed by atoms with Crippen LogP contribution in [0.3, 0.4) is 0 Å². The Hall–Kier alpha value is -3.07. The molecule has 0 bridgehead atoms. The van der Waals surface area contributed by atoms with E-state index in [9.17, 15) is 0 Å². The number of nitrogens with one attached hydrogen (secondary N) is 2. The van der Waals surface area contributed by atoms with Crippen molar-refractivity contribution in [2.24, 2.45) is 0 Å². The lowest BCUT2D eigenvalue weighted by Gasteiger charge is -2.23. The van der Waals surface area contributed by atoms with Gasteiger partial charge in [-0.15, -0.1) is 10.2 Å². The van der Waals surface area contributed by atoms with Crippen molar-refractivity contribution in [2.45, 2.75) is 64.6 Å². The molecule has 3 heterocycles. The Bertz CT molecular complexity index is 1180. The summed E-state index contributed by atoms with van der Waals surface area (Å²) in [6.07, 6.45) is 8.02. The van der Waals surface area contributed by atoms with Crippen LogP contribution in [-0.2, 0) is 6.54 Å². The summed E-state index contributed by atoms with van der Waals surface area (Å²) in [6, 6.07) is 10.8. The first-order chi connectivity index (χ1) is 15.7. The zero-order valence-corrected chi connectivity index (χ0v) is 19.3. The molecule has 1 aliphatic rings. The molecule has 0 amide bonds. The minimum absolute atomic E-state index is 0.266. The van der Waals surface area contributed by atoms with E-state index in [1.54, 1.807) is 11.3 Å². The molecule has 0 atom stereocenters. The van der Waals surface area contributed by atoms with E-state index in [1.165, 1.54) is 32.1 Å². The molecule has 0 unspecified atom stereocenters. The second kappa shape index (κ2) is 9.20. The van der Waals surface area contributed by atoms with Crippen molar-refractivity contribution in [1.82, 2.24) is 29.7 Å². The fraction of sp³-hybridized carbons (Fsp3) is 0.435. The van der Waals surface area contributed by atoms with Gasteiger partial charge in [-0.3, -0.25) is 0 Å². The van der Waals surface area contributed by atoms with E-state index in [1.807, 2.05) is 36.7 Å². The summed E-state index contributed by atoms with van der Waals surface area (Å²) in [4.78, 5) is 14.2. The Morgan fingerprint density at radius 3 is 2.66 bits per heavy atom. The van der Waals surface area contributed by atoms with Crippen LogP contribution in [0.1, 0.15) is 57.0 Å². The summed E-state index contributed by atoms with van der Waals surface area (Å²) in [7, 11) is 0. The molecule has 1 aromatic carbocycles. The van der Waals surface area contributed by atoms with E-state index in [4.69, 9.17) is 9.97 Å². The average molecular weight is 449 g/mol. The number of imidazole rings is 1. The molecule has 0 saturated heterocycles. The van der Waals surface area contributed by atoms with Crippen LogP contribution < -0.4 is 10.6 Å². The lowest BCUT2D eigenvalue weighted by Crippen LogP contribution is -2.24. The monoisotopic (exact) mass is 448 g/mol. The third kappa shape index (κ3) is 4.43. The molecule has 9 heteroatoms. The van der Waals surface area contributed by atoms with Gasteiger partial charge in [0.05, 0.1) is 12.9 Å². The second-order valence-corrected chi connectivity index (χ2v) is 9.58. The molecule has 0 radical (unpaired) electrons. The molecule has 166 valence electrons. The van der Waals surface area contributed by atoms with Crippen molar-refractivity contribution >= 4 is 34.3 Å². The highest BCUT2D eigenvalue weighted by Gasteiger charge is 2.19. The van der Waals surface area contributed by atoms with Crippen LogP contribution in [0.4, 0.5) is 11.8 Å². The molecule has 1 fully saturated rings. The Morgan fingerprint density at radius 2 is 1.88 bits per heavy atom. The maximum absolute atomic E-state index is 4.82. The lowest BCUT2D eigenvalue weighted by atomic mass is 9.96. The molecule has 32 heavy (non-hydrogen) atoms. The quantitative estimate of drug-likeness (QED) is 0.397. The number of fused-ring (bicyclic) bond motifs is 1. The first-order valence-corrected chi connectivity index (χ1v) is 12.1. The van der Waals surface area contributed by atoms with Gasteiger partial charge in [0, 0.05) is 17.6 Å².